The van der Waals surface area contributed by atoms with Crippen molar-refractivity contribution >= 4 is 5.97 Å². The smallest absolute Gasteiger partial charge is 0.312 e. The van der Waals surface area contributed by atoms with Gasteiger partial charge >= 0.3 is 5.97 Å². The van der Waals surface area contributed by atoms with Crippen molar-refractivity contribution in [1.82, 2.24) is 0 Å². The summed E-state index contributed by atoms with van der Waals surface area (Å²) in [4.78, 5) is 13.7. The molecule has 8 fully saturated rings. The summed E-state index contributed by atoms with van der Waals surface area (Å²) in [5, 5.41) is 0. The minimum atomic E-state index is -0.413. The van der Waals surface area contributed by atoms with Crippen LogP contribution in [0.2, 0.25) is 0 Å². The summed E-state index contributed by atoms with van der Waals surface area (Å²) in [7, 11) is 0. The summed E-state index contributed by atoms with van der Waals surface area (Å²) in [5.74, 6) is 5.00. The topological polar surface area (TPSA) is 26.3 Å². The number of carbonyl (C=O) groups excluding carboxylic acids is 1. The molecule has 0 aliphatic heterocycles. The molecule has 8 saturated carbocycles. The molecule has 7 atom stereocenters. The number of hydrogen-bond donors (Lipinski definition) is 0. The summed E-state index contributed by atoms with van der Waals surface area (Å²) < 4.78 is 6.82. The van der Waals surface area contributed by atoms with Crippen LogP contribution in [0.5, 0.6) is 0 Å². The van der Waals surface area contributed by atoms with Crippen LogP contribution < -0.4 is 0 Å². The zero-order valence-electron chi connectivity index (χ0n) is 25.6. The fourth-order valence-electron chi connectivity index (χ4n) is 11.6. The third-order valence-corrected chi connectivity index (χ3v) is 13.3. The Morgan fingerprint density at radius 2 is 1.58 bits per heavy atom. The normalized spacial score (nSPS) is 44.7. The number of esters is 1. The number of ether oxygens (including phenoxy) is 1. The molecule has 206 valence electrons. The van der Waals surface area contributed by atoms with Crippen LogP contribution in [0.4, 0.5) is 0 Å². The monoisotopic (exact) mass is 498 g/mol. The lowest BCUT2D eigenvalue weighted by molar-refractivity contribution is -0.280. The van der Waals surface area contributed by atoms with Crippen molar-refractivity contribution in [3.63, 3.8) is 0 Å². The van der Waals surface area contributed by atoms with E-state index in [0.29, 0.717) is 22.2 Å². The number of fused-ring (bicyclic) bond motifs is 1. The Balaban J connectivity index is 1.48. The predicted molar refractivity (Wildman–Crippen MR) is 149 cm³/mol. The van der Waals surface area contributed by atoms with Crippen LogP contribution >= 0.6 is 0 Å². The fourth-order valence-corrected chi connectivity index (χ4v) is 11.6. The third kappa shape index (κ3) is 3.64. The number of hydrogen-bond acceptors (Lipinski definition) is 2. The summed E-state index contributed by atoms with van der Waals surface area (Å²) in [6, 6.07) is 0. The molecule has 0 radical (unpaired) electrons. The van der Waals surface area contributed by atoms with Crippen molar-refractivity contribution in [3.05, 3.63) is 0 Å². The van der Waals surface area contributed by atoms with Gasteiger partial charge in [-0.15, -0.1) is 0 Å². The Kier molecular flexibility index (Phi) is 6.19. The van der Waals surface area contributed by atoms with Crippen LogP contribution in [0.1, 0.15) is 140 Å². The van der Waals surface area contributed by atoms with Gasteiger partial charge < -0.3 is 4.74 Å². The Morgan fingerprint density at radius 3 is 2.17 bits per heavy atom. The first-order chi connectivity index (χ1) is 16.5. The molecule has 7 unspecified atom stereocenters. The average Bonchev–Trinajstić information content (AvgIpc) is 2.89. The lowest BCUT2D eigenvalue weighted by Gasteiger charge is -2.74. The lowest BCUT2D eigenvalue weighted by Crippen LogP contribution is -2.69. The maximum absolute atomic E-state index is 13.7. The fraction of sp³-hybridized carbons (Fsp3) is 0.971. The second-order valence-corrected chi connectivity index (χ2v) is 17.3. The van der Waals surface area contributed by atoms with Gasteiger partial charge in [0.15, 0.2) is 0 Å². The highest BCUT2D eigenvalue weighted by Gasteiger charge is 2.77. The highest BCUT2D eigenvalue weighted by molar-refractivity contribution is 5.76. The Bertz CT molecular complexity index is 872. The van der Waals surface area contributed by atoms with Crippen molar-refractivity contribution in [2.75, 3.05) is 0 Å². The lowest BCUT2D eigenvalue weighted by atomic mass is 9.30. The van der Waals surface area contributed by atoms with Crippen LogP contribution in [0, 0.1) is 62.6 Å². The summed E-state index contributed by atoms with van der Waals surface area (Å²) in [6.07, 6.45) is 14.1. The summed E-state index contributed by atoms with van der Waals surface area (Å²) >= 11 is 0. The van der Waals surface area contributed by atoms with Crippen molar-refractivity contribution in [1.29, 1.82) is 0 Å². The minimum absolute atomic E-state index is 0.0546. The summed E-state index contributed by atoms with van der Waals surface area (Å²) in [5.41, 5.74) is 0.869. The van der Waals surface area contributed by atoms with Crippen LogP contribution in [0.25, 0.3) is 0 Å². The van der Waals surface area contributed by atoms with Gasteiger partial charge in [-0.2, -0.15) is 0 Å². The molecule has 0 aromatic carbocycles. The van der Waals surface area contributed by atoms with Gasteiger partial charge in [-0.3, -0.25) is 4.79 Å². The quantitative estimate of drug-likeness (QED) is 0.311. The molecule has 0 heterocycles. The van der Waals surface area contributed by atoms with Gasteiger partial charge in [0.05, 0.1) is 5.41 Å². The van der Waals surface area contributed by atoms with E-state index in [1.807, 2.05) is 0 Å². The van der Waals surface area contributed by atoms with Crippen molar-refractivity contribution in [2.24, 2.45) is 62.6 Å². The predicted octanol–water partition coefficient (Wildman–Crippen LogP) is 9.46. The zero-order chi connectivity index (χ0) is 26.5. The van der Waals surface area contributed by atoms with Gasteiger partial charge in [-0.25, -0.2) is 0 Å². The van der Waals surface area contributed by atoms with E-state index in [4.69, 9.17) is 4.74 Å². The van der Waals surface area contributed by atoms with E-state index in [1.165, 1.54) is 51.4 Å². The maximum Gasteiger partial charge on any atom is 0.312 e. The average molecular weight is 499 g/mol. The van der Waals surface area contributed by atoms with E-state index in [2.05, 4.69) is 69.2 Å². The molecule has 2 nitrogen and oxygen atoms in total. The Hall–Kier alpha value is -0.530. The van der Waals surface area contributed by atoms with Crippen LogP contribution in [0.15, 0.2) is 0 Å². The van der Waals surface area contributed by atoms with Crippen LogP contribution in [-0.2, 0) is 9.53 Å². The molecule has 5 bridgehead atoms. The molecular weight excluding hydrogens is 440 g/mol. The minimum Gasteiger partial charge on any atom is -0.458 e. The number of unbranched alkanes of at least 4 members (excludes halogenated alkanes) is 1. The third-order valence-electron chi connectivity index (χ3n) is 13.3. The van der Waals surface area contributed by atoms with Gasteiger partial charge in [-0.05, 0) is 137 Å². The van der Waals surface area contributed by atoms with E-state index in [0.717, 1.165) is 48.9 Å². The highest BCUT2D eigenvalue weighted by atomic mass is 16.6. The molecule has 2 heteroatoms. The van der Waals surface area contributed by atoms with E-state index in [1.54, 1.807) is 0 Å². The van der Waals surface area contributed by atoms with Crippen molar-refractivity contribution in [3.8, 4) is 0 Å². The molecule has 0 amide bonds. The SMILES string of the molecule is CCCCC(C)(OC(=O)C(C)(C)CC(C)C)C12CC3CC45CC(CC34)CC(C)(C(C)(C)C)C5C(C1)C2. The van der Waals surface area contributed by atoms with E-state index < -0.39 is 5.41 Å². The first kappa shape index (κ1) is 27.1. The van der Waals surface area contributed by atoms with Crippen LogP contribution in [0.3, 0.4) is 0 Å². The van der Waals surface area contributed by atoms with Crippen LogP contribution in [-0.4, -0.2) is 11.6 Å². The molecule has 1 spiro atoms. The van der Waals surface area contributed by atoms with Crippen molar-refractivity contribution < 1.29 is 9.53 Å². The Morgan fingerprint density at radius 1 is 0.944 bits per heavy atom. The number of rotatable bonds is 8. The number of carbonyl (C=O) groups is 1. The zero-order valence-corrected chi connectivity index (χ0v) is 25.6. The molecule has 0 aromatic heterocycles. The molecule has 36 heavy (non-hydrogen) atoms. The molecule has 0 saturated heterocycles. The molecular formula is C34H58O2. The maximum atomic E-state index is 13.7. The second kappa shape index (κ2) is 8.24. The molecule has 0 N–H and O–H groups in total. The Labute approximate surface area is 223 Å². The van der Waals surface area contributed by atoms with Gasteiger partial charge in [0, 0.05) is 5.41 Å². The van der Waals surface area contributed by atoms with E-state index in [9.17, 15) is 4.79 Å². The van der Waals surface area contributed by atoms with Gasteiger partial charge in [0.2, 0.25) is 0 Å². The molecule has 8 aliphatic rings. The second-order valence-electron chi connectivity index (χ2n) is 17.3. The van der Waals surface area contributed by atoms with Gasteiger partial charge in [0.25, 0.3) is 0 Å². The van der Waals surface area contributed by atoms with E-state index in [-0.39, 0.29) is 17.0 Å². The first-order valence-electron chi connectivity index (χ1n) is 15.8. The largest absolute Gasteiger partial charge is 0.458 e. The molecule has 0 aromatic rings. The van der Waals surface area contributed by atoms with Gasteiger partial charge in [-0.1, -0.05) is 54.9 Å². The molecule has 8 aliphatic carbocycles. The molecule has 8 rings (SSSR count). The highest BCUT2D eigenvalue weighted by Crippen LogP contribution is 2.83. The summed E-state index contributed by atoms with van der Waals surface area (Å²) in [6.45, 7) is 23.6. The first-order valence-corrected chi connectivity index (χ1v) is 15.8. The van der Waals surface area contributed by atoms with Crippen molar-refractivity contribution in [2.45, 2.75) is 145 Å². The van der Waals surface area contributed by atoms with Gasteiger partial charge in [0.1, 0.15) is 5.60 Å². The van der Waals surface area contributed by atoms with E-state index >= 15 is 0 Å². The standard InChI is InChI=1S/C34H58O2/c1-11-12-13-32(10,36-28(35)30(7,8)15-22(2)3)33-18-24-21-34-17-23(14-26(24)34)16-31(9,29(4,5)6)27(34)25(19-33)20-33/h22-27H,11-21H2,1-10H3.